The van der Waals surface area contributed by atoms with Crippen molar-refractivity contribution in [2.45, 2.75) is 6.04 Å². The molecule has 1 fully saturated rings. The molecule has 0 unspecified atom stereocenters. The van der Waals surface area contributed by atoms with Gasteiger partial charge in [-0.25, -0.2) is 0 Å². The number of pyridine rings is 1. The summed E-state index contributed by atoms with van der Waals surface area (Å²) < 4.78 is 1.56. The van der Waals surface area contributed by atoms with Crippen molar-refractivity contribution < 1.29 is 0 Å². The molecule has 13 heavy (non-hydrogen) atoms. The Morgan fingerprint density at radius 1 is 1.54 bits per heavy atom. The number of aryl methyl sites for hydroxylation is 1. The first-order valence-corrected chi connectivity index (χ1v) is 4.34. The van der Waals surface area contributed by atoms with E-state index in [4.69, 9.17) is 5.73 Å². The molecular formula is C9H13N3O. The lowest BCUT2D eigenvalue weighted by Crippen LogP contribution is -2.56. The highest BCUT2D eigenvalue weighted by atomic mass is 16.1. The Hall–Kier alpha value is -1.29. The van der Waals surface area contributed by atoms with Gasteiger partial charge in [0.25, 0.3) is 5.56 Å². The van der Waals surface area contributed by atoms with Gasteiger partial charge in [0.15, 0.2) is 0 Å². The van der Waals surface area contributed by atoms with Crippen molar-refractivity contribution >= 4 is 5.69 Å². The van der Waals surface area contributed by atoms with Crippen LogP contribution in [-0.4, -0.2) is 23.7 Å². The van der Waals surface area contributed by atoms with E-state index in [-0.39, 0.29) is 11.6 Å². The third-order valence-corrected chi connectivity index (χ3v) is 2.36. The predicted molar refractivity (Wildman–Crippen MR) is 51.9 cm³/mol. The number of nitrogens with two attached hydrogens (primary N) is 1. The molecule has 0 bridgehead atoms. The smallest absolute Gasteiger partial charge is 0.252 e. The lowest BCUT2D eigenvalue weighted by atomic mass is 10.1. The molecule has 1 aliphatic rings. The lowest BCUT2D eigenvalue weighted by molar-refractivity contribution is 0.519. The van der Waals surface area contributed by atoms with Crippen molar-refractivity contribution in [2.24, 2.45) is 12.8 Å². The standard InChI is InChI=1S/C9H13N3O/c1-11-3-2-8(4-9(11)13)12-5-7(10)6-12/h2-4,7H,5-6,10H2,1H3. The fraction of sp³-hybridized carbons (Fsp3) is 0.444. The zero-order valence-corrected chi connectivity index (χ0v) is 7.60. The highest BCUT2D eigenvalue weighted by molar-refractivity contribution is 5.47. The van der Waals surface area contributed by atoms with Crippen LogP contribution in [0.3, 0.4) is 0 Å². The van der Waals surface area contributed by atoms with Gasteiger partial charge < -0.3 is 15.2 Å². The molecule has 4 heteroatoms. The number of aromatic nitrogens is 1. The molecule has 0 aromatic carbocycles. The van der Waals surface area contributed by atoms with Gasteiger partial charge in [-0.15, -0.1) is 0 Å². The molecule has 0 amide bonds. The van der Waals surface area contributed by atoms with Gasteiger partial charge in [-0.1, -0.05) is 0 Å². The molecule has 2 N–H and O–H groups in total. The van der Waals surface area contributed by atoms with Gasteiger partial charge in [-0.2, -0.15) is 0 Å². The first kappa shape index (κ1) is 8.31. The first-order valence-electron chi connectivity index (χ1n) is 4.34. The van der Waals surface area contributed by atoms with E-state index in [1.165, 1.54) is 0 Å². The Bertz CT molecular complexity index is 365. The molecule has 0 spiro atoms. The summed E-state index contributed by atoms with van der Waals surface area (Å²) in [6.07, 6.45) is 1.78. The predicted octanol–water partition coefficient (Wildman–Crippen LogP) is -0.467. The third kappa shape index (κ3) is 1.45. The van der Waals surface area contributed by atoms with Gasteiger partial charge in [0.2, 0.25) is 0 Å². The van der Waals surface area contributed by atoms with Crippen LogP contribution in [0.1, 0.15) is 0 Å². The number of hydrogen-bond acceptors (Lipinski definition) is 3. The molecule has 4 nitrogen and oxygen atoms in total. The van der Waals surface area contributed by atoms with Gasteiger partial charge >= 0.3 is 0 Å². The van der Waals surface area contributed by atoms with Crippen LogP contribution in [0.25, 0.3) is 0 Å². The second-order valence-electron chi connectivity index (χ2n) is 3.50. The quantitative estimate of drug-likeness (QED) is 0.634. The van der Waals surface area contributed by atoms with Gasteiger partial charge in [0.1, 0.15) is 0 Å². The summed E-state index contributed by atoms with van der Waals surface area (Å²) >= 11 is 0. The summed E-state index contributed by atoms with van der Waals surface area (Å²) in [6.45, 7) is 1.71. The highest BCUT2D eigenvalue weighted by Crippen LogP contribution is 2.16. The van der Waals surface area contributed by atoms with Gasteiger partial charge in [-0.3, -0.25) is 4.79 Å². The molecule has 2 rings (SSSR count). The lowest BCUT2D eigenvalue weighted by Gasteiger charge is -2.38. The molecular weight excluding hydrogens is 166 g/mol. The Morgan fingerprint density at radius 3 is 2.77 bits per heavy atom. The van der Waals surface area contributed by atoms with E-state index in [9.17, 15) is 4.79 Å². The van der Waals surface area contributed by atoms with E-state index in [1.807, 2.05) is 6.07 Å². The summed E-state index contributed by atoms with van der Waals surface area (Å²) in [4.78, 5) is 13.4. The molecule has 1 saturated heterocycles. The number of nitrogens with zero attached hydrogens (tertiary/aromatic N) is 2. The average Bonchev–Trinajstić information content (AvgIpc) is 2.05. The molecule has 0 aliphatic carbocycles. The Balaban J connectivity index is 2.23. The van der Waals surface area contributed by atoms with Crippen LogP contribution < -0.4 is 16.2 Å². The molecule has 1 aromatic heterocycles. The summed E-state index contributed by atoms with van der Waals surface area (Å²) in [5, 5.41) is 0. The minimum absolute atomic E-state index is 0.0259. The van der Waals surface area contributed by atoms with Crippen molar-refractivity contribution in [1.29, 1.82) is 0 Å². The zero-order chi connectivity index (χ0) is 9.42. The zero-order valence-electron chi connectivity index (χ0n) is 7.60. The van der Waals surface area contributed by atoms with Gasteiger partial charge in [0, 0.05) is 44.1 Å². The maximum absolute atomic E-state index is 11.3. The van der Waals surface area contributed by atoms with E-state index < -0.39 is 0 Å². The largest absolute Gasteiger partial charge is 0.368 e. The molecule has 0 atom stereocenters. The van der Waals surface area contributed by atoms with E-state index in [0.717, 1.165) is 18.8 Å². The van der Waals surface area contributed by atoms with E-state index in [0.29, 0.717) is 0 Å². The molecule has 0 saturated carbocycles. The van der Waals surface area contributed by atoms with Crippen LogP contribution in [0, 0.1) is 0 Å². The fourth-order valence-corrected chi connectivity index (χ4v) is 1.46. The van der Waals surface area contributed by atoms with Crippen LogP contribution in [0.15, 0.2) is 23.1 Å². The summed E-state index contributed by atoms with van der Waals surface area (Å²) in [5.74, 6) is 0. The summed E-state index contributed by atoms with van der Waals surface area (Å²) in [7, 11) is 1.74. The Kier molecular flexibility index (Phi) is 1.84. The summed E-state index contributed by atoms with van der Waals surface area (Å²) in [5.41, 5.74) is 6.65. The van der Waals surface area contributed by atoms with Crippen LogP contribution in [0.4, 0.5) is 5.69 Å². The minimum Gasteiger partial charge on any atom is -0.368 e. The number of anilines is 1. The van der Waals surface area contributed by atoms with Crippen LogP contribution in [0.5, 0.6) is 0 Å². The normalized spacial score (nSPS) is 17.2. The van der Waals surface area contributed by atoms with Crippen LogP contribution >= 0.6 is 0 Å². The molecule has 1 aliphatic heterocycles. The van der Waals surface area contributed by atoms with E-state index >= 15 is 0 Å². The first-order chi connectivity index (χ1) is 6.16. The van der Waals surface area contributed by atoms with Crippen molar-refractivity contribution in [2.75, 3.05) is 18.0 Å². The summed E-state index contributed by atoms with van der Waals surface area (Å²) in [6, 6.07) is 3.85. The third-order valence-electron chi connectivity index (χ3n) is 2.36. The van der Waals surface area contributed by atoms with Gasteiger partial charge in [0.05, 0.1) is 0 Å². The molecule has 1 aromatic rings. The second-order valence-corrected chi connectivity index (χ2v) is 3.50. The van der Waals surface area contributed by atoms with Crippen molar-refractivity contribution in [1.82, 2.24) is 4.57 Å². The highest BCUT2D eigenvalue weighted by Gasteiger charge is 2.23. The van der Waals surface area contributed by atoms with Crippen molar-refractivity contribution in [3.8, 4) is 0 Å². The maximum atomic E-state index is 11.3. The Morgan fingerprint density at radius 2 is 2.23 bits per heavy atom. The maximum Gasteiger partial charge on any atom is 0.252 e. The fourth-order valence-electron chi connectivity index (χ4n) is 1.46. The van der Waals surface area contributed by atoms with Crippen molar-refractivity contribution in [3.63, 3.8) is 0 Å². The van der Waals surface area contributed by atoms with Crippen LogP contribution in [-0.2, 0) is 7.05 Å². The minimum atomic E-state index is 0.0259. The van der Waals surface area contributed by atoms with Crippen LogP contribution in [0.2, 0.25) is 0 Å². The Labute approximate surface area is 76.6 Å². The topological polar surface area (TPSA) is 51.3 Å². The second kappa shape index (κ2) is 2.88. The number of rotatable bonds is 1. The monoisotopic (exact) mass is 179 g/mol. The van der Waals surface area contributed by atoms with Crippen molar-refractivity contribution in [3.05, 3.63) is 28.7 Å². The number of hydrogen-bond donors (Lipinski definition) is 1. The molecule has 70 valence electrons. The average molecular weight is 179 g/mol. The van der Waals surface area contributed by atoms with E-state index in [1.54, 1.807) is 23.9 Å². The SMILES string of the molecule is Cn1ccc(N2CC(N)C2)cc1=O. The molecule has 0 radical (unpaired) electrons. The van der Waals surface area contributed by atoms with Gasteiger partial charge in [-0.05, 0) is 6.07 Å². The molecule has 2 heterocycles. The van der Waals surface area contributed by atoms with E-state index in [2.05, 4.69) is 4.90 Å².